The Morgan fingerprint density at radius 2 is 2.10 bits per heavy atom. The molecule has 0 amide bonds. The number of Topliss-reactive ketones (excluding diaryl/α,β-unsaturated/α-hetero) is 1. The number of nitrogens with zero attached hydrogens (tertiary/aromatic N) is 3. The lowest BCUT2D eigenvalue weighted by molar-refractivity contribution is -0.123. The summed E-state index contributed by atoms with van der Waals surface area (Å²) in [7, 11) is 0. The Morgan fingerprint density at radius 1 is 1.27 bits per heavy atom. The van der Waals surface area contributed by atoms with Crippen LogP contribution in [0.1, 0.15) is 18.5 Å². The fourth-order valence-corrected chi connectivity index (χ4v) is 4.03. The summed E-state index contributed by atoms with van der Waals surface area (Å²) in [4.78, 5) is 25.6. The summed E-state index contributed by atoms with van der Waals surface area (Å²) in [5.74, 6) is 0.437. The van der Waals surface area contributed by atoms with E-state index in [0.29, 0.717) is 40.3 Å². The van der Waals surface area contributed by atoms with Crippen molar-refractivity contribution in [3.8, 4) is 11.3 Å². The summed E-state index contributed by atoms with van der Waals surface area (Å²) < 4.78 is 19.2. The molecule has 4 heterocycles. The van der Waals surface area contributed by atoms with Crippen LogP contribution in [0.2, 0.25) is 5.02 Å². The molecule has 2 fully saturated rings. The van der Waals surface area contributed by atoms with Gasteiger partial charge in [-0.3, -0.25) is 14.8 Å². The Kier molecular flexibility index (Phi) is 6.86. The average molecular weight is 434 g/mol. The van der Waals surface area contributed by atoms with Crippen LogP contribution in [0.15, 0.2) is 24.7 Å². The molecule has 0 radical (unpaired) electrons. The minimum atomic E-state index is -1.14. The van der Waals surface area contributed by atoms with E-state index in [-0.39, 0.29) is 18.7 Å². The fourth-order valence-electron chi connectivity index (χ4n) is 3.83. The zero-order chi connectivity index (χ0) is 20.9. The Hall–Kier alpha value is -2.16. The quantitative estimate of drug-likeness (QED) is 0.693. The molecule has 0 aliphatic carbocycles. The monoisotopic (exact) mass is 433 g/mol. The number of rotatable bonds is 7. The predicted octanol–water partition coefficient (Wildman–Crippen LogP) is 2.70. The topological polar surface area (TPSA) is 89.0 Å². The third kappa shape index (κ3) is 5.11. The van der Waals surface area contributed by atoms with Crippen LogP contribution in [0, 0.1) is 11.8 Å². The van der Waals surface area contributed by atoms with E-state index in [0.717, 1.165) is 32.6 Å². The molecule has 2 aromatic rings. The second kappa shape index (κ2) is 9.76. The van der Waals surface area contributed by atoms with E-state index < -0.39 is 12.1 Å². The minimum Gasteiger partial charge on any atom is -0.381 e. The zero-order valence-corrected chi connectivity index (χ0v) is 17.4. The normalized spacial score (nSPS) is 22.2. The van der Waals surface area contributed by atoms with Gasteiger partial charge >= 0.3 is 0 Å². The van der Waals surface area contributed by atoms with Gasteiger partial charge in [-0.05, 0) is 24.8 Å². The molecule has 160 valence electrons. The Bertz CT molecular complexity index is 893. The first-order valence-electron chi connectivity index (χ1n) is 10.3. The van der Waals surface area contributed by atoms with Gasteiger partial charge in [0.15, 0.2) is 0 Å². The van der Waals surface area contributed by atoms with E-state index in [1.165, 1.54) is 6.20 Å². The number of hydrogen-bond donors (Lipinski definition) is 2. The summed E-state index contributed by atoms with van der Waals surface area (Å²) in [5, 5.41) is 6.67. The maximum atomic E-state index is 13.8. The van der Waals surface area contributed by atoms with Crippen LogP contribution in [0.5, 0.6) is 0 Å². The van der Waals surface area contributed by atoms with Crippen molar-refractivity contribution in [3.05, 3.63) is 35.4 Å². The molecule has 2 atom stereocenters. The van der Waals surface area contributed by atoms with Crippen LogP contribution in [-0.4, -0.2) is 59.8 Å². The third-order valence-electron chi connectivity index (χ3n) is 5.64. The Balaban J connectivity index is 1.46. The fraction of sp³-hybridized carbons (Fsp3) is 0.524. The highest BCUT2D eigenvalue weighted by Gasteiger charge is 2.32. The average Bonchev–Trinajstić information content (AvgIpc) is 3.20. The smallest absolute Gasteiger partial charge is 0.146 e. The molecule has 9 heteroatoms. The molecule has 2 aromatic heterocycles. The van der Waals surface area contributed by atoms with Crippen molar-refractivity contribution in [1.82, 2.24) is 20.3 Å². The number of ketones is 1. The lowest BCUT2D eigenvalue weighted by Crippen LogP contribution is -2.25. The van der Waals surface area contributed by atoms with Crippen LogP contribution in [0.3, 0.4) is 0 Å². The molecule has 0 spiro atoms. The van der Waals surface area contributed by atoms with Gasteiger partial charge in [0.05, 0.1) is 29.0 Å². The number of halogens is 2. The van der Waals surface area contributed by atoms with Crippen molar-refractivity contribution in [1.29, 1.82) is 0 Å². The number of ether oxygens (including phenoxy) is 1. The maximum Gasteiger partial charge on any atom is 0.146 e. The standard InChI is InChI=1S/C21H25ClFN5O2/c22-17-9-26-14(6-20(29)16-8-24-10-18(16)23)5-15(17)19-11-25-12-21(28-19)27-7-13-1-3-30-4-2-13/h5,9,11-13,16,18,24H,1-4,6-8,10H2,(H,27,28)/t16-,18+/m0/s1. The van der Waals surface area contributed by atoms with Gasteiger partial charge in [-0.1, -0.05) is 11.6 Å². The van der Waals surface area contributed by atoms with Crippen molar-refractivity contribution in [2.75, 3.05) is 38.2 Å². The Labute approximate surface area is 179 Å². The molecular formula is C21H25ClFN5O2. The molecule has 2 aliphatic rings. The first-order valence-corrected chi connectivity index (χ1v) is 10.6. The van der Waals surface area contributed by atoms with Gasteiger partial charge in [0.1, 0.15) is 17.8 Å². The molecule has 7 nitrogen and oxygen atoms in total. The summed E-state index contributed by atoms with van der Waals surface area (Å²) in [6, 6.07) is 1.74. The summed E-state index contributed by atoms with van der Waals surface area (Å²) in [6.45, 7) is 3.00. The lowest BCUT2D eigenvalue weighted by Gasteiger charge is -2.22. The molecule has 2 aliphatic heterocycles. The highest BCUT2D eigenvalue weighted by molar-refractivity contribution is 6.33. The van der Waals surface area contributed by atoms with E-state index in [2.05, 4.69) is 25.6 Å². The number of hydrogen-bond acceptors (Lipinski definition) is 7. The van der Waals surface area contributed by atoms with Crippen LogP contribution in [-0.2, 0) is 16.0 Å². The molecule has 30 heavy (non-hydrogen) atoms. The van der Waals surface area contributed by atoms with Gasteiger partial charge in [-0.25, -0.2) is 9.37 Å². The first-order chi connectivity index (χ1) is 14.6. The predicted molar refractivity (Wildman–Crippen MR) is 112 cm³/mol. The van der Waals surface area contributed by atoms with Gasteiger partial charge < -0.3 is 15.4 Å². The summed E-state index contributed by atoms with van der Waals surface area (Å²) in [6.07, 6.45) is 5.79. The van der Waals surface area contributed by atoms with Crippen molar-refractivity contribution in [2.24, 2.45) is 11.8 Å². The van der Waals surface area contributed by atoms with Crippen LogP contribution < -0.4 is 10.6 Å². The molecule has 0 aromatic carbocycles. The lowest BCUT2D eigenvalue weighted by atomic mass is 9.97. The number of nitrogens with one attached hydrogen (secondary N) is 2. The molecule has 0 unspecified atom stereocenters. The van der Waals surface area contributed by atoms with Crippen molar-refractivity contribution < 1.29 is 13.9 Å². The van der Waals surface area contributed by atoms with Gasteiger partial charge in [-0.2, -0.15) is 0 Å². The molecule has 2 N–H and O–H groups in total. The molecular weight excluding hydrogens is 409 g/mol. The maximum absolute atomic E-state index is 13.8. The van der Waals surface area contributed by atoms with Gasteiger partial charge in [0.25, 0.3) is 0 Å². The number of anilines is 1. The first kappa shape index (κ1) is 21.1. The van der Waals surface area contributed by atoms with E-state index in [1.807, 2.05) is 0 Å². The van der Waals surface area contributed by atoms with E-state index in [4.69, 9.17) is 16.3 Å². The Morgan fingerprint density at radius 3 is 2.87 bits per heavy atom. The van der Waals surface area contributed by atoms with Crippen LogP contribution >= 0.6 is 11.6 Å². The van der Waals surface area contributed by atoms with Crippen LogP contribution in [0.4, 0.5) is 10.2 Å². The van der Waals surface area contributed by atoms with E-state index in [9.17, 15) is 9.18 Å². The second-order valence-corrected chi connectivity index (χ2v) is 8.21. The second-order valence-electron chi connectivity index (χ2n) is 7.81. The number of carbonyl (C=O) groups excluding carboxylic acids is 1. The highest BCUT2D eigenvalue weighted by atomic mass is 35.5. The number of alkyl halides is 1. The van der Waals surface area contributed by atoms with E-state index >= 15 is 0 Å². The van der Waals surface area contributed by atoms with Gasteiger partial charge in [-0.15, -0.1) is 0 Å². The third-order valence-corrected chi connectivity index (χ3v) is 5.95. The molecule has 0 bridgehead atoms. The molecule has 2 saturated heterocycles. The number of carbonyl (C=O) groups is 1. The minimum absolute atomic E-state index is 0.0616. The SMILES string of the molecule is O=C(Cc1cc(-c2cncc(NCC3CCOCC3)n2)c(Cl)cn1)[C@H]1CNC[C@H]1F. The highest BCUT2D eigenvalue weighted by Crippen LogP contribution is 2.28. The largest absolute Gasteiger partial charge is 0.381 e. The summed E-state index contributed by atoms with van der Waals surface area (Å²) in [5.41, 5.74) is 1.79. The van der Waals surface area contributed by atoms with Crippen molar-refractivity contribution in [3.63, 3.8) is 0 Å². The van der Waals surface area contributed by atoms with Gasteiger partial charge in [0, 0.05) is 56.7 Å². The van der Waals surface area contributed by atoms with Crippen LogP contribution in [0.25, 0.3) is 11.3 Å². The molecule has 0 saturated carbocycles. The number of aromatic nitrogens is 3. The van der Waals surface area contributed by atoms with E-state index in [1.54, 1.807) is 18.5 Å². The molecule has 4 rings (SSSR count). The number of pyridine rings is 1. The van der Waals surface area contributed by atoms with Crippen molar-refractivity contribution in [2.45, 2.75) is 25.4 Å². The summed E-state index contributed by atoms with van der Waals surface area (Å²) >= 11 is 6.35. The zero-order valence-electron chi connectivity index (χ0n) is 16.6. The van der Waals surface area contributed by atoms with Gasteiger partial charge in [0.2, 0.25) is 0 Å². The van der Waals surface area contributed by atoms with Crippen molar-refractivity contribution >= 4 is 23.2 Å².